The number of nitrogens with zero attached hydrogens (tertiary/aromatic N) is 2. The van der Waals surface area contributed by atoms with Crippen molar-refractivity contribution in [3.63, 3.8) is 0 Å². The number of aromatic nitrogens is 1. The van der Waals surface area contributed by atoms with Gasteiger partial charge in [-0.25, -0.2) is 0 Å². The predicted octanol–water partition coefficient (Wildman–Crippen LogP) is 2.86. The number of rotatable bonds is 3. The molecule has 3 N–H and O–H groups in total. The van der Waals surface area contributed by atoms with Crippen molar-refractivity contribution in [1.82, 2.24) is 14.8 Å². The molecule has 4 aliphatic carbocycles. The Kier molecular flexibility index (Phi) is 4.35. The Bertz CT molecular complexity index is 1490. The van der Waals surface area contributed by atoms with Crippen molar-refractivity contribution in [1.29, 1.82) is 0 Å². The lowest BCUT2D eigenvalue weighted by Crippen LogP contribution is -2.68. The van der Waals surface area contributed by atoms with Crippen LogP contribution in [0.4, 0.5) is 0 Å². The summed E-state index contributed by atoms with van der Waals surface area (Å²) in [6, 6.07) is 8.46. The number of piperidine rings is 1. The van der Waals surface area contributed by atoms with E-state index < -0.39 is 0 Å². The van der Waals surface area contributed by atoms with Gasteiger partial charge in [0.2, 0.25) is 0 Å². The fourth-order valence-electron chi connectivity index (χ4n) is 10.6. The molecule has 7 aliphatic rings. The van der Waals surface area contributed by atoms with Crippen LogP contribution in [0.1, 0.15) is 78.2 Å². The Labute approximate surface area is 228 Å². The SMILES string of the molecule is C[C@@H]1C[C@H]2C[C@@H](O)CC1N2C(=O)c1cc2c([nH]c1=O)CC13CC4(CN(CC5CC5)C4[C@@H]1C2)c1ccc(O)cc13. The van der Waals surface area contributed by atoms with E-state index >= 15 is 0 Å². The number of aliphatic hydroxyl groups excluding tert-OH is 1. The number of hydrogen-bond acceptors (Lipinski definition) is 5. The molecule has 4 bridgehead atoms. The first-order chi connectivity index (χ1) is 18.8. The predicted molar refractivity (Wildman–Crippen MR) is 145 cm³/mol. The number of benzene rings is 1. The van der Waals surface area contributed by atoms with Crippen molar-refractivity contribution in [2.24, 2.45) is 17.8 Å². The van der Waals surface area contributed by atoms with Gasteiger partial charge in [0, 0.05) is 47.7 Å². The summed E-state index contributed by atoms with van der Waals surface area (Å²) in [5.41, 5.74) is 4.86. The third-order valence-corrected chi connectivity index (χ3v) is 12.2. The highest BCUT2D eigenvalue weighted by Gasteiger charge is 2.74. The number of aliphatic hydroxyl groups is 1. The average Bonchev–Trinajstić information content (AvgIpc) is 3.57. The number of aromatic amines is 1. The lowest BCUT2D eigenvalue weighted by Gasteiger charge is -2.59. The number of aromatic hydroxyl groups is 1. The summed E-state index contributed by atoms with van der Waals surface area (Å²) in [4.78, 5) is 35.2. The maximum atomic E-state index is 13.9. The molecule has 2 aromatic rings. The molecule has 1 aromatic carbocycles. The highest BCUT2D eigenvalue weighted by molar-refractivity contribution is 5.95. The van der Waals surface area contributed by atoms with Crippen LogP contribution in [0.15, 0.2) is 29.1 Å². The molecule has 7 heteroatoms. The number of phenols is 1. The summed E-state index contributed by atoms with van der Waals surface area (Å²) in [6.45, 7) is 4.45. The number of pyridine rings is 1. The quantitative estimate of drug-likeness (QED) is 0.571. The van der Waals surface area contributed by atoms with Crippen LogP contribution in [0.3, 0.4) is 0 Å². The van der Waals surface area contributed by atoms with Crippen LogP contribution >= 0.6 is 0 Å². The van der Waals surface area contributed by atoms with E-state index in [1.165, 1.54) is 30.5 Å². The van der Waals surface area contributed by atoms with E-state index in [4.69, 9.17) is 0 Å². The topological polar surface area (TPSA) is 96.9 Å². The van der Waals surface area contributed by atoms with Gasteiger partial charge < -0.3 is 20.1 Å². The Balaban J connectivity index is 1.11. The number of likely N-dealkylation sites (tertiary alicyclic amines) is 1. The van der Waals surface area contributed by atoms with Crippen LogP contribution < -0.4 is 5.56 Å². The number of hydrogen-bond donors (Lipinski definition) is 3. The summed E-state index contributed by atoms with van der Waals surface area (Å²) in [6.07, 6.45) is 7.15. The number of carbonyl (C=O) groups excluding carboxylic acids is 1. The van der Waals surface area contributed by atoms with Crippen LogP contribution in [-0.2, 0) is 23.7 Å². The van der Waals surface area contributed by atoms with Gasteiger partial charge in [-0.3, -0.25) is 14.5 Å². The summed E-state index contributed by atoms with van der Waals surface area (Å²) < 4.78 is 0. The summed E-state index contributed by atoms with van der Waals surface area (Å²) >= 11 is 0. The number of nitrogens with one attached hydrogen (secondary N) is 1. The highest BCUT2D eigenvalue weighted by Crippen LogP contribution is 2.71. The lowest BCUT2D eigenvalue weighted by molar-refractivity contribution is -0.0271. The number of amides is 1. The number of fused-ring (bicyclic) bond motifs is 5. The monoisotopic (exact) mass is 527 g/mol. The van der Waals surface area contributed by atoms with E-state index in [2.05, 4.69) is 22.9 Å². The molecule has 2 saturated carbocycles. The molecule has 1 aromatic heterocycles. The molecular formula is C32H37N3O4. The van der Waals surface area contributed by atoms with Crippen molar-refractivity contribution >= 4 is 5.91 Å². The van der Waals surface area contributed by atoms with E-state index in [1.54, 1.807) is 0 Å². The minimum absolute atomic E-state index is 0.00511. The van der Waals surface area contributed by atoms with Crippen LogP contribution in [-0.4, -0.2) is 68.2 Å². The number of phenolic OH excluding ortho intramolecular Hbond substituents is 1. The molecule has 39 heavy (non-hydrogen) atoms. The molecule has 1 amide bonds. The molecule has 7 nitrogen and oxygen atoms in total. The van der Waals surface area contributed by atoms with Crippen molar-refractivity contribution < 1.29 is 15.0 Å². The van der Waals surface area contributed by atoms with Gasteiger partial charge in [-0.15, -0.1) is 0 Å². The maximum Gasteiger partial charge on any atom is 0.261 e. The molecule has 0 radical (unpaired) electrons. The fraction of sp³-hybridized carbons (Fsp3) is 0.625. The molecule has 2 spiro atoms. The highest BCUT2D eigenvalue weighted by atomic mass is 16.3. The molecule has 3 aliphatic heterocycles. The second-order valence-electron chi connectivity index (χ2n) is 14.3. The van der Waals surface area contributed by atoms with E-state index in [0.717, 1.165) is 49.4 Å². The fourth-order valence-corrected chi connectivity index (χ4v) is 10.6. The normalized spacial score (nSPS) is 41.0. The first-order valence-electron chi connectivity index (χ1n) is 15.1. The van der Waals surface area contributed by atoms with Crippen molar-refractivity contribution in [3.8, 4) is 5.75 Å². The molecule has 4 unspecified atom stereocenters. The third kappa shape index (κ3) is 2.86. The third-order valence-electron chi connectivity index (χ3n) is 12.2. The largest absolute Gasteiger partial charge is 0.508 e. The zero-order valence-electron chi connectivity index (χ0n) is 22.5. The van der Waals surface area contributed by atoms with Gasteiger partial charge in [0.05, 0.1) is 6.10 Å². The minimum Gasteiger partial charge on any atom is -0.508 e. The lowest BCUT2D eigenvalue weighted by atomic mass is 9.58. The second kappa shape index (κ2) is 7.35. The van der Waals surface area contributed by atoms with Gasteiger partial charge in [-0.2, -0.15) is 0 Å². The zero-order chi connectivity index (χ0) is 26.4. The smallest absolute Gasteiger partial charge is 0.261 e. The Morgan fingerprint density at radius 2 is 1.97 bits per heavy atom. The van der Waals surface area contributed by atoms with Gasteiger partial charge >= 0.3 is 0 Å². The molecular weight excluding hydrogens is 490 g/mol. The van der Waals surface area contributed by atoms with E-state index in [1.807, 2.05) is 23.1 Å². The second-order valence-corrected chi connectivity index (χ2v) is 14.3. The first-order valence-corrected chi connectivity index (χ1v) is 15.1. The van der Waals surface area contributed by atoms with Gasteiger partial charge in [-0.05, 0) is 104 Å². The Morgan fingerprint density at radius 1 is 1.13 bits per heavy atom. The summed E-state index contributed by atoms with van der Waals surface area (Å²) in [7, 11) is 0. The van der Waals surface area contributed by atoms with Crippen molar-refractivity contribution in [2.45, 2.75) is 93.3 Å². The van der Waals surface area contributed by atoms with E-state index in [-0.39, 0.29) is 46.0 Å². The van der Waals surface area contributed by atoms with Gasteiger partial charge in [-0.1, -0.05) is 13.0 Å². The molecule has 3 saturated heterocycles. The molecule has 8 atom stereocenters. The van der Waals surface area contributed by atoms with Gasteiger partial charge in [0.15, 0.2) is 0 Å². The van der Waals surface area contributed by atoms with Gasteiger partial charge in [0.1, 0.15) is 11.3 Å². The Morgan fingerprint density at radius 3 is 2.77 bits per heavy atom. The Hall–Kier alpha value is -2.64. The maximum absolute atomic E-state index is 13.9. The molecule has 4 heterocycles. The van der Waals surface area contributed by atoms with Crippen LogP contribution in [0.5, 0.6) is 5.75 Å². The zero-order valence-corrected chi connectivity index (χ0v) is 22.5. The van der Waals surface area contributed by atoms with Crippen LogP contribution in [0.2, 0.25) is 0 Å². The summed E-state index contributed by atoms with van der Waals surface area (Å²) in [5, 5.41) is 20.8. The minimum atomic E-state index is -0.361. The van der Waals surface area contributed by atoms with Crippen LogP contribution in [0.25, 0.3) is 0 Å². The molecule has 5 fully saturated rings. The molecule has 9 rings (SSSR count). The van der Waals surface area contributed by atoms with Crippen LogP contribution in [0, 0.1) is 17.8 Å². The van der Waals surface area contributed by atoms with Crippen molar-refractivity contribution in [3.05, 3.63) is 62.6 Å². The number of carbonyl (C=O) groups is 1. The summed E-state index contributed by atoms with van der Waals surface area (Å²) in [5.74, 6) is 1.76. The first kappa shape index (κ1) is 23.1. The van der Waals surface area contributed by atoms with E-state index in [0.29, 0.717) is 36.5 Å². The average molecular weight is 528 g/mol. The molecule has 204 valence electrons. The number of H-pyrrole nitrogens is 1. The van der Waals surface area contributed by atoms with E-state index in [9.17, 15) is 19.8 Å². The standard InChI is InChI=1S/C32H37N3O4/c1-16-6-19-9-21(37)11-27(16)35(19)30(39)22-7-18-8-25-28-32(15-34(28)13-17-2-3-17)14-31(25,12-26(18)33-29(22)38)24-10-20(36)4-5-23(24)32/h4-5,7,10,16-17,19,21,25,27-28,36-37H,2-3,6,8-9,11-15H2,1H3,(H,33,38)/t16-,19+,21-,25+,27?,28?,31?,32?/m1/s1. The van der Waals surface area contributed by atoms with Gasteiger partial charge in [0.25, 0.3) is 11.5 Å². The van der Waals surface area contributed by atoms with Crippen molar-refractivity contribution in [2.75, 3.05) is 13.1 Å².